The van der Waals surface area contributed by atoms with Gasteiger partial charge in [-0.25, -0.2) is 5.43 Å². The zero-order valence-electron chi connectivity index (χ0n) is 14.2. The third-order valence-electron chi connectivity index (χ3n) is 4.08. The topological polar surface area (TPSA) is 53.9 Å². The summed E-state index contributed by atoms with van der Waals surface area (Å²) in [7, 11) is 0. The van der Waals surface area contributed by atoms with E-state index in [4.69, 9.17) is 4.74 Å². The van der Waals surface area contributed by atoms with Crippen LogP contribution >= 0.6 is 0 Å². The van der Waals surface area contributed by atoms with Gasteiger partial charge in [0.2, 0.25) is 0 Å². The van der Waals surface area contributed by atoms with Crippen LogP contribution in [0, 0.1) is 0 Å². The molecule has 0 radical (unpaired) electrons. The van der Waals surface area contributed by atoms with E-state index in [-0.39, 0.29) is 5.91 Å². The van der Waals surface area contributed by atoms with Gasteiger partial charge < -0.3 is 4.74 Å². The molecule has 1 aliphatic rings. The van der Waals surface area contributed by atoms with E-state index in [1.165, 1.54) is 19.3 Å². The molecular weight excluding hydrogens is 314 g/mol. The molecule has 1 N–H and O–H groups in total. The van der Waals surface area contributed by atoms with E-state index in [9.17, 15) is 4.79 Å². The summed E-state index contributed by atoms with van der Waals surface area (Å²) in [6, 6.07) is 17.2. The van der Waals surface area contributed by atoms with Crippen molar-refractivity contribution in [3.63, 3.8) is 0 Å². The number of carbonyl (C=O) groups excluding carboxylic acids is 1. The molecule has 1 heterocycles. The first kappa shape index (κ1) is 17.2. The van der Waals surface area contributed by atoms with Gasteiger partial charge in [-0.15, -0.1) is 0 Å². The van der Waals surface area contributed by atoms with E-state index in [0.29, 0.717) is 6.54 Å². The van der Waals surface area contributed by atoms with Crippen molar-refractivity contribution in [2.45, 2.75) is 19.3 Å². The van der Waals surface area contributed by atoms with Crippen molar-refractivity contribution in [1.82, 2.24) is 10.3 Å². The van der Waals surface area contributed by atoms with Gasteiger partial charge in [-0.1, -0.05) is 24.6 Å². The Bertz CT molecular complexity index is 693. The summed E-state index contributed by atoms with van der Waals surface area (Å²) in [5, 5.41) is 4.03. The maximum absolute atomic E-state index is 11.9. The smallest absolute Gasteiger partial charge is 0.254 e. The van der Waals surface area contributed by atoms with Crippen molar-refractivity contribution < 1.29 is 9.53 Å². The van der Waals surface area contributed by atoms with Gasteiger partial charge in [0.05, 0.1) is 12.8 Å². The third-order valence-corrected chi connectivity index (χ3v) is 4.08. The molecule has 2 aromatic carbocycles. The Balaban J connectivity index is 1.45. The highest BCUT2D eigenvalue weighted by atomic mass is 16.5. The molecule has 130 valence electrons. The van der Waals surface area contributed by atoms with E-state index in [2.05, 4.69) is 15.4 Å². The van der Waals surface area contributed by atoms with E-state index >= 15 is 0 Å². The summed E-state index contributed by atoms with van der Waals surface area (Å²) < 4.78 is 5.74. The number of rotatable bonds is 6. The first-order valence-electron chi connectivity index (χ1n) is 8.67. The second-order valence-electron chi connectivity index (χ2n) is 6.11. The van der Waals surface area contributed by atoms with Crippen molar-refractivity contribution in [2.75, 3.05) is 19.6 Å². The van der Waals surface area contributed by atoms with Gasteiger partial charge in [-0.2, -0.15) is 5.10 Å². The second kappa shape index (κ2) is 8.99. The lowest BCUT2D eigenvalue weighted by Crippen LogP contribution is -2.38. The van der Waals surface area contributed by atoms with E-state index in [1.54, 1.807) is 6.21 Å². The van der Waals surface area contributed by atoms with Gasteiger partial charge in [-0.05, 0) is 67.9 Å². The van der Waals surface area contributed by atoms with Crippen LogP contribution in [-0.4, -0.2) is 36.7 Å². The molecule has 2 aromatic rings. The maximum atomic E-state index is 11.9. The molecule has 0 atom stereocenters. The number of hydrogen-bond acceptors (Lipinski definition) is 4. The van der Waals surface area contributed by atoms with E-state index in [1.807, 2.05) is 54.6 Å². The van der Waals surface area contributed by atoms with Crippen LogP contribution in [0.3, 0.4) is 0 Å². The Kier molecular flexibility index (Phi) is 6.17. The van der Waals surface area contributed by atoms with Gasteiger partial charge in [0.15, 0.2) is 0 Å². The van der Waals surface area contributed by atoms with E-state index in [0.717, 1.165) is 30.2 Å². The van der Waals surface area contributed by atoms with Crippen LogP contribution in [0.1, 0.15) is 24.8 Å². The maximum Gasteiger partial charge on any atom is 0.254 e. The predicted octanol–water partition coefficient (Wildman–Crippen LogP) is 3.41. The minimum atomic E-state index is -0.0674. The Morgan fingerprint density at radius 1 is 1.00 bits per heavy atom. The minimum Gasteiger partial charge on any atom is -0.457 e. The molecule has 1 saturated heterocycles. The Morgan fingerprint density at radius 2 is 1.68 bits per heavy atom. The fourth-order valence-corrected chi connectivity index (χ4v) is 2.78. The van der Waals surface area contributed by atoms with Crippen LogP contribution in [0.4, 0.5) is 0 Å². The number of nitrogens with zero attached hydrogens (tertiary/aromatic N) is 2. The highest BCUT2D eigenvalue weighted by molar-refractivity contribution is 5.83. The highest BCUT2D eigenvalue weighted by Crippen LogP contribution is 2.20. The van der Waals surface area contributed by atoms with Gasteiger partial charge in [0.25, 0.3) is 5.91 Å². The number of piperidine rings is 1. The molecular formula is C20H23N3O2. The SMILES string of the molecule is O=C(CN1CCCCC1)N/N=C\c1ccc(Oc2ccccc2)cc1. The molecule has 0 aliphatic carbocycles. The molecule has 1 amide bonds. The van der Waals surface area contributed by atoms with Crippen LogP contribution in [0.15, 0.2) is 59.7 Å². The molecule has 0 saturated carbocycles. The lowest BCUT2D eigenvalue weighted by Gasteiger charge is -2.25. The predicted molar refractivity (Wildman–Crippen MR) is 99.0 cm³/mol. The number of nitrogens with one attached hydrogen (secondary N) is 1. The van der Waals surface area contributed by atoms with Gasteiger partial charge in [0, 0.05) is 0 Å². The first-order valence-corrected chi connectivity index (χ1v) is 8.67. The van der Waals surface area contributed by atoms with Crippen molar-refractivity contribution in [1.29, 1.82) is 0 Å². The number of benzene rings is 2. The van der Waals surface area contributed by atoms with Crippen molar-refractivity contribution >= 4 is 12.1 Å². The third kappa shape index (κ3) is 5.72. The molecule has 3 rings (SSSR count). The summed E-state index contributed by atoms with van der Waals surface area (Å²) in [6.45, 7) is 2.42. The number of amides is 1. The van der Waals surface area contributed by atoms with Crippen molar-refractivity contribution in [3.8, 4) is 11.5 Å². The fourth-order valence-electron chi connectivity index (χ4n) is 2.78. The van der Waals surface area contributed by atoms with E-state index < -0.39 is 0 Å². The summed E-state index contributed by atoms with van der Waals surface area (Å²) in [5.41, 5.74) is 3.49. The van der Waals surface area contributed by atoms with Crippen molar-refractivity contribution in [2.24, 2.45) is 5.10 Å². The number of ether oxygens (including phenoxy) is 1. The highest BCUT2D eigenvalue weighted by Gasteiger charge is 2.12. The number of likely N-dealkylation sites (tertiary alicyclic amines) is 1. The largest absolute Gasteiger partial charge is 0.457 e. The zero-order valence-corrected chi connectivity index (χ0v) is 14.2. The molecule has 5 heteroatoms. The van der Waals surface area contributed by atoms with Crippen LogP contribution in [-0.2, 0) is 4.79 Å². The summed E-state index contributed by atoms with van der Waals surface area (Å²) in [4.78, 5) is 14.0. The Hall–Kier alpha value is -2.66. The minimum absolute atomic E-state index is 0.0674. The standard InChI is InChI=1S/C20H23N3O2/c24-20(16-23-13-5-2-6-14-23)22-21-15-17-9-11-19(12-10-17)25-18-7-3-1-4-8-18/h1,3-4,7-12,15H,2,5-6,13-14,16H2,(H,22,24)/b21-15-. The average Bonchev–Trinajstić information content (AvgIpc) is 2.65. The number of hydrazone groups is 1. The number of hydrogen-bond donors (Lipinski definition) is 1. The zero-order chi connectivity index (χ0) is 17.3. The molecule has 1 aliphatic heterocycles. The van der Waals surface area contributed by atoms with Gasteiger partial charge in [0.1, 0.15) is 11.5 Å². The fraction of sp³-hybridized carbons (Fsp3) is 0.300. The summed E-state index contributed by atoms with van der Waals surface area (Å²) in [5.74, 6) is 1.49. The van der Waals surface area contributed by atoms with Crippen LogP contribution in [0.25, 0.3) is 0 Å². The lowest BCUT2D eigenvalue weighted by atomic mass is 10.1. The molecule has 25 heavy (non-hydrogen) atoms. The second-order valence-corrected chi connectivity index (χ2v) is 6.11. The van der Waals surface area contributed by atoms with Crippen molar-refractivity contribution in [3.05, 3.63) is 60.2 Å². The van der Waals surface area contributed by atoms with Gasteiger partial charge >= 0.3 is 0 Å². The van der Waals surface area contributed by atoms with Crippen LogP contribution < -0.4 is 10.2 Å². The summed E-state index contributed by atoms with van der Waals surface area (Å²) >= 11 is 0. The monoisotopic (exact) mass is 337 g/mol. The molecule has 5 nitrogen and oxygen atoms in total. The molecule has 1 fully saturated rings. The molecule has 0 spiro atoms. The van der Waals surface area contributed by atoms with Crippen LogP contribution in [0.2, 0.25) is 0 Å². The summed E-state index contributed by atoms with van der Waals surface area (Å²) in [6.07, 6.45) is 5.25. The Morgan fingerprint density at radius 3 is 2.40 bits per heavy atom. The quantitative estimate of drug-likeness (QED) is 0.649. The first-order chi connectivity index (χ1) is 12.3. The van der Waals surface area contributed by atoms with Gasteiger partial charge in [-0.3, -0.25) is 9.69 Å². The molecule has 0 bridgehead atoms. The molecule has 0 unspecified atom stereocenters. The normalized spacial score (nSPS) is 15.2. The molecule has 0 aromatic heterocycles. The lowest BCUT2D eigenvalue weighted by molar-refractivity contribution is -0.122. The average molecular weight is 337 g/mol. The number of para-hydroxylation sites is 1. The number of carbonyl (C=O) groups is 1. The Labute approximate surface area is 148 Å². The van der Waals surface area contributed by atoms with Crippen LogP contribution in [0.5, 0.6) is 11.5 Å².